The molecule has 0 bridgehead atoms. The Morgan fingerprint density at radius 3 is 2.90 bits per heavy atom. The van der Waals surface area contributed by atoms with Crippen molar-refractivity contribution >= 4 is 33.5 Å². The molecule has 2 aromatic heterocycles. The zero-order chi connectivity index (χ0) is 22.3. The summed E-state index contributed by atoms with van der Waals surface area (Å²) in [4.78, 5) is 22.9. The Morgan fingerprint density at radius 1 is 1.42 bits per heavy atom. The van der Waals surface area contributed by atoms with E-state index in [1.807, 2.05) is 6.07 Å². The van der Waals surface area contributed by atoms with Crippen molar-refractivity contribution in [2.75, 3.05) is 11.5 Å². The van der Waals surface area contributed by atoms with Gasteiger partial charge in [-0.05, 0) is 48.8 Å². The van der Waals surface area contributed by atoms with Crippen molar-refractivity contribution in [3.05, 3.63) is 51.8 Å². The van der Waals surface area contributed by atoms with Crippen LogP contribution in [-0.4, -0.2) is 32.7 Å². The van der Waals surface area contributed by atoms with Crippen LogP contribution >= 0.6 is 15.9 Å². The van der Waals surface area contributed by atoms with Crippen LogP contribution in [0.25, 0.3) is 5.52 Å². The van der Waals surface area contributed by atoms with Crippen LogP contribution in [0, 0.1) is 17.1 Å². The van der Waals surface area contributed by atoms with E-state index in [9.17, 15) is 14.4 Å². The SMILES string of the molecule is CC(C)(C)OC(=O)N(Cc1c(F)ccc2c1CCO2)c1ncc(Br)c2c(C#N)ncn12. The fraction of sp³-hybridized carbons (Fsp3) is 0.333. The first-order valence-corrected chi connectivity index (χ1v) is 10.3. The standard InChI is InChI=1S/C21H19BrFN5O3/c1-21(2,3)31-20(29)27(10-13-12-6-7-30-17(12)5-4-15(13)23)19-25-9-14(22)18-16(8-24)26-11-28(18)19/h4-5,9,11H,6-7,10H2,1-3H3. The summed E-state index contributed by atoms with van der Waals surface area (Å²) in [5.74, 6) is 0.302. The lowest BCUT2D eigenvalue weighted by Crippen LogP contribution is -2.38. The molecule has 0 unspecified atom stereocenters. The summed E-state index contributed by atoms with van der Waals surface area (Å²) in [6.07, 6.45) is 2.70. The average Bonchev–Trinajstić information content (AvgIpc) is 3.34. The number of aromatic nitrogens is 3. The van der Waals surface area contributed by atoms with Gasteiger partial charge in [-0.25, -0.2) is 24.1 Å². The molecule has 10 heteroatoms. The third-order valence-corrected chi connectivity index (χ3v) is 5.30. The van der Waals surface area contributed by atoms with E-state index in [0.717, 1.165) is 0 Å². The van der Waals surface area contributed by atoms with Crippen molar-refractivity contribution in [1.82, 2.24) is 14.4 Å². The number of ether oxygens (including phenoxy) is 2. The Bertz CT molecular complexity index is 1230. The van der Waals surface area contributed by atoms with Crippen molar-refractivity contribution in [2.45, 2.75) is 39.3 Å². The number of benzene rings is 1. The first kappa shape index (κ1) is 21.1. The quantitative estimate of drug-likeness (QED) is 0.544. The Balaban J connectivity index is 1.86. The maximum Gasteiger partial charge on any atom is 0.417 e. The number of hydrogen-bond donors (Lipinski definition) is 0. The lowest BCUT2D eigenvalue weighted by Gasteiger charge is -2.27. The van der Waals surface area contributed by atoms with Gasteiger partial charge in [0.05, 0.1) is 17.6 Å². The number of carbonyl (C=O) groups is 1. The average molecular weight is 488 g/mol. The van der Waals surface area contributed by atoms with Crippen molar-refractivity contribution in [2.24, 2.45) is 0 Å². The molecule has 160 valence electrons. The van der Waals surface area contributed by atoms with Crippen LogP contribution in [0.2, 0.25) is 0 Å². The molecule has 8 nitrogen and oxygen atoms in total. The number of amides is 1. The molecule has 0 radical (unpaired) electrons. The molecule has 0 saturated heterocycles. The number of anilines is 1. The Morgan fingerprint density at radius 2 is 2.19 bits per heavy atom. The highest BCUT2D eigenvalue weighted by molar-refractivity contribution is 9.10. The highest BCUT2D eigenvalue weighted by Crippen LogP contribution is 2.33. The number of halogens is 2. The normalized spacial score (nSPS) is 12.9. The largest absolute Gasteiger partial charge is 0.493 e. The molecule has 1 amide bonds. The monoisotopic (exact) mass is 487 g/mol. The van der Waals surface area contributed by atoms with Gasteiger partial charge in [-0.1, -0.05) is 0 Å². The molecule has 3 aromatic rings. The van der Waals surface area contributed by atoms with E-state index >= 15 is 0 Å². The second-order valence-electron chi connectivity index (χ2n) is 8.00. The van der Waals surface area contributed by atoms with Crippen molar-refractivity contribution in [3.63, 3.8) is 0 Å². The predicted octanol–water partition coefficient (Wildman–Crippen LogP) is 4.38. The van der Waals surface area contributed by atoms with E-state index in [0.29, 0.717) is 39.9 Å². The molecular weight excluding hydrogens is 469 g/mol. The lowest BCUT2D eigenvalue weighted by atomic mass is 10.0. The number of hydrogen-bond acceptors (Lipinski definition) is 6. The van der Waals surface area contributed by atoms with Gasteiger partial charge >= 0.3 is 6.09 Å². The second-order valence-corrected chi connectivity index (χ2v) is 8.85. The number of nitriles is 1. The number of imidazole rings is 1. The molecule has 0 N–H and O–H groups in total. The van der Waals surface area contributed by atoms with Gasteiger partial charge in [0.25, 0.3) is 0 Å². The van der Waals surface area contributed by atoms with E-state index in [-0.39, 0.29) is 18.2 Å². The van der Waals surface area contributed by atoms with E-state index in [2.05, 4.69) is 25.9 Å². The van der Waals surface area contributed by atoms with Crippen molar-refractivity contribution in [1.29, 1.82) is 5.26 Å². The first-order chi connectivity index (χ1) is 14.7. The Hall–Kier alpha value is -3.19. The molecular formula is C21H19BrFN5O3. The minimum Gasteiger partial charge on any atom is -0.493 e. The van der Waals surface area contributed by atoms with Gasteiger partial charge in [0.15, 0.2) is 5.69 Å². The van der Waals surface area contributed by atoms with E-state index in [1.54, 1.807) is 26.8 Å². The number of rotatable bonds is 3. The first-order valence-electron chi connectivity index (χ1n) is 9.55. The third-order valence-electron chi connectivity index (χ3n) is 4.72. The Labute approximate surface area is 186 Å². The minimum atomic E-state index is -0.781. The smallest absolute Gasteiger partial charge is 0.417 e. The molecule has 0 atom stereocenters. The molecule has 31 heavy (non-hydrogen) atoms. The molecule has 1 aliphatic heterocycles. The molecule has 0 spiro atoms. The van der Waals surface area contributed by atoms with Gasteiger partial charge in [0, 0.05) is 23.7 Å². The van der Waals surface area contributed by atoms with Gasteiger partial charge in [0.2, 0.25) is 5.95 Å². The second kappa shape index (κ2) is 7.81. The maximum absolute atomic E-state index is 14.8. The lowest BCUT2D eigenvalue weighted by molar-refractivity contribution is 0.0574. The van der Waals surface area contributed by atoms with E-state index < -0.39 is 17.5 Å². The summed E-state index contributed by atoms with van der Waals surface area (Å²) in [6, 6.07) is 4.93. The molecule has 4 rings (SSSR count). The predicted molar refractivity (Wildman–Crippen MR) is 113 cm³/mol. The van der Waals surface area contributed by atoms with Crippen molar-refractivity contribution < 1.29 is 18.7 Å². The zero-order valence-corrected chi connectivity index (χ0v) is 18.7. The summed E-state index contributed by atoms with van der Waals surface area (Å²) in [6.45, 7) is 5.55. The molecule has 1 aromatic carbocycles. The zero-order valence-electron chi connectivity index (χ0n) is 17.1. The summed E-state index contributed by atoms with van der Waals surface area (Å²) in [5.41, 5.74) is 0.879. The molecule has 0 fully saturated rings. The van der Waals surface area contributed by atoms with Crippen LogP contribution < -0.4 is 9.64 Å². The highest BCUT2D eigenvalue weighted by Gasteiger charge is 2.30. The van der Waals surface area contributed by atoms with Crippen LogP contribution in [0.1, 0.15) is 37.6 Å². The fourth-order valence-electron chi connectivity index (χ4n) is 3.43. The van der Waals surface area contributed by atoms with Gasteiger partial charge < -0.3 is 9.47 Å². The van der Waals surface area contributed by atoms with Gasteiger partial charge in [-0.3, -0.25) is 4.40 Å². The topological polar surface area (TPSA) is 92.7 Å². The summed E-state index contributed by atoms with van der Waals surface area (Å²) in [7, 11) is 0. The highest BCUT2D eigenvalue weighted by atomic mass is 79.9. The molecule has 1 aliphatic rings. The van der Waals surface area contributed by atoms with Crippen LogP contribution in [0.5, 0.6) is 5.75 Å². The van der Waals surface area contributed by atoms with Crippen LogP contribution in [-0.2, 0) is 17.7 Å². The van der Waals surface area contributed by atoms with Gasteiger partial charge in [-0.15, -0.1) is 0 Å². The minimum absolute atomic E-state index is 0.128. The molecule has 0 saturated carbocycles. The van der Waals surface area contributed by atoms with Crippen LogP contribution in [0.3, 0.4) is 0 Å². The number of nitrogens with zero attached hydrogens (tertiary/aromatic N) is 5. The van der Waals surface area contributed by atoms with Gasteiger partial charge in [-0.2, -0.15) is 5.26 Å². The van der Waals surface area contributed by atoms with Crippen molar-refractivity contribution in [3.8, 4) is 11.8 Å². The maximum atomic E-state index is 14.8. The molecule has 0 aliphatic carbocycles. The van der Waals surface area contributed by atoms with Crippen LogP contribution in [0.15, 0.2) is 29.1 Å². The van der Waals surface area contributed by atoms with Gasteiger partial charge in [0.1, 0.15) is 35.1 Å². The summed E-state index contributed by atoms with van der Waals surface area (Å²) >= 11 is 3.37. The fourth-order valence-corrected chi connectivity index (χ4v) is 3.91. The van der Waals surface area contributed by atoms with E-state index in [4.69, 9.17) is 9.47 Å². The molecule has 3 heterocycles. The Kier molecular flexibility index (Phi) is 5.31. The number of fused-ring (bicyclic) bond motifs is 2. The van der Waals surface area contributed by atoms with Crippen LogP contribution in [0.4, 0.5) is 15.1 Å². The third kappa shape index (κ3) is 3.93. The summed E-state index contributed by atoms with van der Waals surface area (Å²) < 4.78 is 28.0. The van der Waals surface area contributed by atoms with E-state index in [1.165, 1.54) is 27.9 Å². The number of carbonyl (C=O) groups excluding carboxylic acids is 1. The summed E-state index contributed by atoms with van der Waals surface area (Å²) in [5, 5.41) is 9.38.